The van der Waals surface area contributed by atoms with Crippen LogP contribution in [0, 0.1) is 5.92 Å². The molecule has 74 valence electrons. The van der Waals surface area contributed by atoms with E-state index in [1.165, 1.54) is 25.0 Å². The van der Waals surface area contributed by atoms with E-state index < -0.39 is 0 Å². The predicted molar refractivity (Wildman–Crippen MR) is 58.0 cm³/mol. The monoisotopic (exact) mass is 207 g/mol. The molecule has 1 N–H and O–H groups in total. The molecule has 0 spiro atoms. The van der Waals surface area contributed by atoms with Crippen molar-refractivity contribution in [1.29, 1.82) is 0 Å². The van der Waals surface area contributed by atoms with Crippen LogP contribution < -0.4 is 10.4 Å². The zero-order valence-corrected chi connectivity index (χ0v) is 8.76. The van der Waals surface area contributed by atoms with Crippen LogP contribution in [0.25, 0.3) is 0 Å². The van der Waals surface area contributed by atoms with E-state index in [1.54, 1.807) is 11.3 Å². The van der Waals surface area contributed by atoms with Crippen LogP contribution in [-0.2, 0) is 0 Å². The molecule has 3 rings (SSSR count). The lowest BCUT2D eigenvalue weighted by molar-refractivity contribution is 0.546. The van der Waals surface area contributed by atoms with Crippen molar-refractivity contribution >= 4 is 16.5 Å². The van der Waals surface area contributed by atoms with E-state index in [2.05, 4.69) is 21.5 Å². The molecule has 2 aliphatic rings. The molecule has 14 heavy (non-hydrogen) atoms. The van der Waals surface area contributed by atoms with Crippen LogP contribution in [0.1, 0.15) is 19.3 Å². The van der Waals surface area contributed by atoms with Gasteiger partial charge in [0.05, 0.1) is 0 Å². The standard InChI is InChI=1S/C10H13N3S/c1-2-4-9-8(3-1)7-12-13(9)10-11-5-6-14-10/h4-6,8,12H,1-3,7H2. The van der Waals surface area contributed by atoms with Gasteiger partial charge >= 0.3 is 0 Å². The molecule has 1 aromatic rings. The van der Waals surface area contributed by atoms with Gasteiger partial charge in [0.1, 0.15) is 0 Å². The first-order chi connectivity index (χ1) is 6.95. The number of allylic oxidation sites excluding steroid dienone is 1. The molecule has 4 heteroatoms. The zero-order valence-electron chi connectivity index (χ0n) is 7.94. The first-order valence-corrected chi connectivity index (χ1v) is 5.96. The number of rotatable bonds is 1. The van der Waals surface area contributed by atoms with Gasteiger partial charge in [-0.25, -0.2) is 10.4 Å². The van der Waals surface area contributed by atoms with Crippen molar-refractivity contribution in [1.82, 2.24) is 10.4 Å². The molecule has 1 aliphatic heterocycles. The average molecular weight is 207 g/mol. The molecule has 1 aliphatic carbocycles. The van der Waals surface area contributed by atoms with E-state index in [0.717, 1.165) is 11.7 Å². The molecule has 0 bridgehead atoms. The summed E-state index contributed by atoms with van der Waals surface area (Å²) in [7, 11) is 0. The molecular weight excluding hydrogens is 194 g/mol. The maximum Gasteiger partial charge on any atom is 0.204 e. The van der Waals surface area contributed by atoms with Crippen LogP contribution in [0.15, 0.2) is 23.3 Å². The second-order valence-electron chi connectivity index (χ2n) is 3.77. The molecule has 1 unspecified atom stereocenters. The average Bonchev–Trinajstić information content (AvgIpc) is 2.85. The van der Waals surface area contributed by atoms with Gasteiger partial charge in [0.15, 0.2) is 0 Å². The molecule has 0 radical (unpaired) electrons. The highest BCUT2D eigenvalue weighted by molar-refractivity contribution is 7.13. The van der Waals surface area contributed by atoms with Gasteiger partial charge in [0, 0.05) is 29.7 Å². The maximum atomic E-state index is 4.33. The smallest absolute Gasteiger partial charge is 0.204 e. The fourth-order valence-corrected chi connectivity index (χ4v) is 2.85. The fourth-order valence-electron chi connectivity index (χ4n) is 2.21. The SMILES string of the molecule is C1=C2C(CCC1)CNN2c1nccs1. The Bertz CT molecular complexity index is 344. The number of nitrogens with one attached hydrogen (secondary N) is 1. The Kier molecular flexibility index (Phi) is 2.03. The first-order valence-electron chi connectivity index (χ1n) is 5.08. The minimum Gasteiger partial charge on any atom is -0.255 e. The number of hydrogen-bond acceptors (Lipinski definition) is 4. The lowest BCUT2D eigenvalue weighted by Gasteiger charge is -2.21. The van der Waals surface area contributed by atoms with Crippen LogP contribution in [0.3, 0.4) is 0 Å². The predicted octanol–water partition coefficient (Wildman–Crippen LogP) is 2.15. The summed E-state index contributed by atoms with van der Waals surface area (Å²) < 4.78 is 0. The Balaban J connectivity index is 1.92. The summed E-state index contributed by atoms with van der Waals surface area (Å²) in [6.07, 6.45) is 8.09. The van der Waals surface area contributed by atoms with Crippen molar-refractivity contribution in [2.75, 3.05) is 11.6 Å². The molecule has 3 nitrogen and oxygen atoms in total. The molecule has 0 aromatic carbocycles. The number of fused-ring (bicyclic) bond motifs is 1. The van der Waals surface area contributed by atoms with E-state index in [1.807, 2.05) is 11.6 Å². The molecule has 2 heterocycles. The number of aromatic nitrogens is 1. The van der Waals surface area contributed by atoms with Gasteiger partial charge in [0.25, 0.3) is 0 Å². The number of hydrogen-bond donors (Lipinski definition) is 1. The number of thiazole rings is 1. The normalized spacial score (nSPS) is 26.1. The third-order valence-electron chi connectivity index (χ3n) is 2.89. The van der Waals surface area contributed by atoms with Crippen molar-refractivity contribution in [2.45, 2.75) is 19.3 Å². The van der Waals surface area contributed by atoms with E-state index in [9.17, 15) is 0 Å². The van der Waals surface area contributed by atoms with Crippen LogP contribution in [0.2, 0.25) is 0 Å². The summed E-state index contributed by atoms with van der Waals surface area (Å²) in [5.74, 6) is 0.715. The molecular formula is C10H13N3S. The Labute approximate surface area is 87.4 Å². The fraction of sp³-hybridized carbons (Fsp3) is 0.500. The van der Waals surface area contributed by atoms with Gasteiger partial charge in [-0.1, -0.05) is 6.08 Å². The Morgan fingerprint density at radius 2 is 2.57 bits per heavy atom. The molecule has 0 amide bonds. The highest BCUT2D eigenvalue weighted by Crippen LogP contribution is 2.34. The summed E-state index contributed by atoms with van der Waals surface area (Å²) in [6.45, 7) is 1.07. The minimum absolute atomic E-state index is 0.715. The first kappa shape index (κ1) is 8.44. The Hall–Kier alpha value is -0.870. The van der Waals surface area contributed by atoms with Crippen LogP contribution >= 0.6 is 11.3 Å². The highest BCUT2D eigenvalue weighted by Gasteiger charge is 2.30. The third-order valence-corrected chi connectivity index (χ3v) is 3.65. The maximum absolute atomic E-state index is 4.33. The highest BCUT2D eigenvalue weighted by atomic mass is 32.1. The lowest BCUT2D eigenvalue weighted by Crippen LogP contribution is -2.29. The second kappa shape index (κ2) is 3.37. The number of anilines is 1. The van der Waals surface area contributed by atoms with Crippen molar-refractivity contribution < 1.29 is 0 Å². The Morgan fingerprint density at radius 1 is 1.57 bits per heavy atom. The molecule has 1 atom stereocenters. The van der Waals surface area contributed by atoms with Gasteiger partial charge in [-0.3, -0.25) is 5.01 Å². The van der Waals surface area contributed by atoms with E-state index in [-0.39, 0.29) is 0 Å². The summed E-state index contributed by atoms with van der Waals surface area (Å²) >= 11 is 1.69. The third kappa shape index (κ3) is 1.26. The second-order valence-corrected chi connectivity index (χ2v) is 4.64. The molecule has 1 fully saturated rings. The van der Waals surface area contributed by atoms with E-state index in [4.69, 9.17) is 0 Å². The van der Waals surface area contributed by atoms with Gasteiger partial charge in [0.2, 0.25) is 5.13 Å². The summed E-state index contributed by atoms with van der Waals surface area (Å²) in [5.41, 5.74) is 4.85. The topological polar surface area (TPSA) is 28.2 Å². The molecule has 0 saturated carbocycles. The van der Waals surface area contributed by atoms with Crippen molar-refractivity contribution in [3.63, 3.8) is 0 Å². The Morgan fingerprint density at radius 3 is 3.43 bits per heavy atom. The van der Waals surface area contributed by atoms with Crippen LogP contribution in [-0.4, -0.2) is 11.5 Å². The van der Waals surface area contributed by atoms with Crippen molar-refractivity contribution in [2.24, 2.45) is 5.92 Å². The van der Waals surface area contributed by atoms with Crippen LogP contribution in [0.4, 0.5) is 5.13 Å². The van der Waals surface area contributed by atoms with Crippen molar-refractivity contribution in [3.8, 4) is 0 Å². The summed E-state index contributed by atoms with van der Waals surface area (Å²) in [4.78, 5) is 4.33. The molecule has 1 saturated heterocycles. The van der Waals surface area contributed by atoms with Crippen LogP contribution in [0.5, 0.6) is 0 Å². The molecule has 1 aromatic heterocycles. The summed E-state index contributed by atoms with van der Waals surface area (Å²) in [6, 6.07) is 0. The van der Waals surface area contributed by atoms with E-state index >= 15 is 0 Å². The largest absolute Gasteiger partial charge is 0.255 e. The number of hydrazine groups is 1. The summed E-state index contributed by atoms with van der Waals surface area (Å²) in [5, 5.41) is 5.25. The van der Waals surface area contributed by atoms with E-state index in [0.29, 0.717) is 5.92 Å². The van der Waals surface area contributed by atoms with Gasteiger partial charge in [-0.05, 0) is 19.3 Å². The van der Waals surface area contributed by atoms with Crippen molar-refractivity contribution in [3.05, 3.63) is 23.3 Å². The number of nitrogens with zero attached hydrogens (tertiary/aromatic N) is 2. The minimum atomic E-state index is 0.715. The zero-order chi connectivity index (χ0) is 9.38. The van der Waals surface area contributed by atoms with Gasteiger partial charge in [-0.15, -0.1) is 11.3 Å². The van der Waals surface area contributed by atoms with Gasteiger partial charge < -0.3 is 0 Å². The van der Waals surface area contributed by atoms with Gasteiger partial charge in [-0.2, -0.15) is 0 Å². The quantitative estimate of drug-likeness (QED) is 0.765. The lowest BCUT2D eigenvalue weighted by atomic mass is 9.94.